The fourth-order valence-corrected chi connectivity index (χ4v) is 1.19. The maximum absolute atomic E-state index is 8.77. The molecule has 0 aromatic heterocycles. The summed E-state index contributed by atoms with van der Waals surface area (Å²) in [6.07, 6.45) is 5.70. The zero-order chi connectivity index (χ0) is 9.40. The van der Waals surface area contributed by atoms with Crippen molar-refractivity contribution in [3.8, 4) is 6.07 Å². The van der Waals surface area contributed by atoms with E-state index in [9.17, 15) is 0 Å². The monoisotopic (exact) mass is 183 g/mol. The average molecular weight is 184 g/mol. The molecule has 0 saturated heterocycles. The molecule has 0 aliphatic rings. The normalized spacial score (nSPS) is 12.8. The van der Waals surface area contributed by atoms with Crippen LogP contribution >= 0.6 is 11.6 Å². The molecule has 0 fully saturated rings. The van der Waals surface area contributed by atoms with E-state index >= 15 is 0 Å². The molecule has 0 atom stereocenters. The summed E-state index contributed by atoms with van der Waals surface area (Å²) in [5, 5.41) is 8.77. The third kappa shape index (κ3) is 3.59. The van der Waals surface area contributed by atoms with Crippen molar-refractivity contribution in [3.63, 3.8) is 0 Å². The van der Waals surface area contributed by atoms with Crippen molar-refractivity contribution in [2.45, 2.75) is 26.7 Å². The molecule has 0 rings (SSSR count). The third-order valence-corrected chi connectivity index (χ3v) is 1.76. The fourth-order valence-electron chi connectivity index (χ4n) is 0.936. The first-order chi connectivity index (χ1) is 5.79. The maximum Gasteiger partial charge on any atom is 0.0991 e. The van der Waals surface area contributed by atoms with Crippen molar-refractivity contribution in [2.24, 2.45) is 0 Å². The van der Waals surface area contributed by atoms with Gasteiger partial charge in [-0.1, -0.05) is 26.0 Å². The van der Waals surface area contributed by atoms with E-state index in [-0.39, 0.29) is 0 Å². The van der Waals surface area contributed by atoms with Crippen LogP contribution in [0.2, 0.25) is 0 Å². The molecule has 0 aliphatic carbocycles. The lowest BCUT2D eigenvalue weighted by Crippen LogP contribution is -1.89. The molecule has 66 valence electrons. The van der Waals surface area contributed by atoms with Crippen LogP contribution in [-0.4, -0.2) is 5.88 Å². The van der Waals surface area contributed by atoms with Gasteiger partial charge in [-0.15, -0.1) is 11.6 Å². The topological polar surface area (TPSA) is 23.8 Å². The molecule has 0 amide bonds. The molecule has 0 saturated carbocycles. The van der Waals surface area contributed by atoms with Crippen LogP contribution in [0.25, 0.3) is 0 Å². The number of allylic oxidation sites excluding steroid dienone is 4. The van der Waals surface area contributed by atoms with Crippen molar-refractivity contribution in [2.75, 3.05) is 5.88 Å². The quantitative estimate of drug-likeness (QED) is 0.372. The van der Waals surface area contributed by atoms with Crippen LogP contribution in [-0.2, 0) is 0 Å². The number of hydrogen-bond donors (Lipinski definition) is 0. The van der Waals surface area contributed by atoms with E-state index < -0.39 is 0 Å². The Kier molecular flexibility index (Phi) is 6.51. The molecule has 0 radical (unpaired) electrons. The van der Waals surface area contributed by atoms with E-state index in [2.05, 4.69) is 6.07 Å². The average Bonchev–Trinajstić information content (AvgIpc) is 2.11. The van der Waals surface area contributed by atoms with Gasteiger partial charge >= 0.3 is 0 Å². The van der Waals surface area contributed by atoms with Gasteiger partial charge in [0.25, 0.3) is 0 Å². The summed E-state index contributed by atoms with van der Waals surface area (Å²) in [5.74, 6) is 0.424. The molecule has 0 aliphatic heterocycles. The zero-order valence-corrected chi connectivity index (χ0v) is 8.36. The summed E-state index contributed by atoms with van der Waals surface area (Å²) in [6, 6.07) is 2.15. The van der Waals surface area contributed by atoms with E-state index in [0.29, 0.717) is 11.5 Å². The van der Waals surface area contributed by atoms with Crippen LogP contribution in [0.4, 0.5) is 0 Å². The Morgan fingerprint density at radius 2 is 1.92 bits per heavy atom. The van der Waals surface area contributed by atoms with Crippen molar-refractivity contribution in [1.82, 2.24) is 0 Å². The molecule has 0 aromatic rings. The third-order valence-electron chi connectivity index (χ3n) is 1.47. The number of rotatable bonds is 4. The highest BCUT2D eigenvalue weighted by Crippen LogP contribution is 2.12. The summed E-state index contributed by atoms with van der Waals surface area (Å²) in [5.41, 5.74) is 1.66. The smallest absolute Gasteiger partial charge is 0.0991 e. The van der Waals surface area contributed by atoms with Gasteiger partial charge in [0.2, 0.25) is 0 Å². The van der Waals surface area contributed by atoms with E-state index in [0.717, 1.165) is 18.4 Å². The predicted molar refractivity (Wildman–Crippen MR) is 53.1 cm³/mol. The first-order valence-electron chi connectivity index (χ1n) is 4.15. The van der Waals surface area contributed by atoms with Gasteiger partial charge in [0, 0.05) is 5.88 Å². The molecule has 0 spiro atoms. The molecular weight excluding hydrogens is 170 g/mol. The van der Waals surface area contributed by atoms with E-state index in [1.54, 1.807) is 0 Å². The van der Waals surface area contributed by atoms with Gasteiger partial charge in [-0.3, -0.25) is 0 Å². The SMILES string of the molecule is CCC=C(C#N)C(=CCC)CCl. The second kappa shape index (κ2) is 6.94. The molecule has 12 heavy (non-hydrogen) atoms. The van der Waals surface area contributed by atoms with Gasteiger partial charge in [0.05, 0.1) is 11.6 Å². The second-order valence-electron chi connectivity index (χ2n) is 2.41. The standard InChI is InChI=1S/C10H14ClN/c1-3-5-9(7-11)10(8-12)6-4-2/h5-6H,3-4,7H2,1-2H3. The lowest BCUT2D eigenvalue weighted by Gasteiger charge is -1.99. The largest absolute Gasteiger partial charge is 0.192 e. The minimum Gasteiger partial charge on any atom is -0.192 e. The Balaban J connectivity index is 4.59. The first kappa shape index (κ1) is 11.3. The van der Waals surface area contributed by atoms with Crippen LogP contribution in [0.1, 0.15) is 26.7 Å². The van der Waals surface area contributed by atoms with Crippen molar-refractivity contribution >= 4 is 11.6 Å². The molecular formula is C10H14ClN. The van der Waals surface area contributed by atoms with Crippen LogP contribution in [0, 0.1) is 11.3 Å². The predicted octanol–water partition coefficient (Wildman–Crippen LogP) is 3.42. The highest BCUT2D eigenvalue weighted by atomic mass is 35.5. The second-order valence-corrected chi connectivity index (χ2v) is 2.68. The Hall–Kier alpha value is -0.740. The van der Waals surface area contributed by atoms with Crippen LogP contribution in [0.3, 0.4) is 0 Å². The molecule has 0 unspecified atom stereocenters. The number of alkyl halides is 1. The number of halogens is 1. The van der Waals surface area contributed by atoms with Crippen LogP contribution < -0.4 is 0 Å². The molecule has 0 N–H and O–H groups in total. The van der Waals surface area contributed by atoms with Crippen molar-refractivity contribution in [1.29, 1.82) is 5.26 Å². The van der Waals surface area contributed by atoms with Gasteiger partial charge in [-0.05, 0) is 18.4 Å². The number of hydrogen-bond acceptors (Lipinski definition) is 1. The Morgan fingerprint density at radius 1 is 1.33 bits per heavy atom. The minimum absolute atomic E-state index is 0.424. The lowest BCUT2D eigenvalue weighted by atomic mass is 10.1. The molecule has 0 bridgehead atoms. The highest BCUT2D eigenvalue weighted by Gasteiger charge is 2.00. The Labute approximate surface area is 79.3 Å². The summed E-state index contributed by atoms with van der Waals surface area (Å²) >= 11 is 5.70. The van der Waals surface area contributed by atoms with E-state index in [1.807, 2.05) is 26.0 Å². The fraction of sp³-hybridized carbons (Fsp3) is 0.500. The van der Waals surface area contributed by atoms with Gasteiger partial charge < -0.3 is 0 Å². The summed E-state index contributed by atoms with van der Waals surface area (Å²) in [4.78, 5) is 0. The number of nitriles is 1. The van der Waals surface area contributed by atoms with Crippen molar-refractivity contribution < 1.29 is 0 Å². The molecule has 0 aromatic carbocycles. The highest BCUT2D eigenvalue weighted by molar-refractivity contribution is 6.19. The van der Waals surface area contributed by atoms with Gasteiger partial charge in [0.1, 0.15) is 0 Å². The Bertz CT molecular complexity index is 220. The minimum atomic E-state index is 0.424. The molecule has 0 heterocycles. The van der Waals surface area contributed by atoms with E-state index in [4.69, 9.17) is 16.9 Å². The lowest BCUT2D eigenvalue weighted by molar-refractivity contribution is 1.16. The maximum atomic E-state index is 8.77. The van der Waals surface area contributed by atoms with Gasteiger partial charge in [0.15, 0.2) is 0 Å². The van der Waals surface area contributed by atoms with E-state index in [1.165, 1.54) is 0 Å². The molecule has 2 heteroatoms. The molecule has 1 nitrogen and oxygen atoms in total. The van der Waals surface area contributed by atoms with Crippen LogP contribution in [0.5, 0.6) is 0 Å². The van der Waals surface area contributed by atoms with Gasteiger partial charge in [-0.2, -0.15) is 5.26 Å². The van der Waals surface area contributed by atoms with Gasteiger partial charge in [-0.25, -0.2) is 0 Å². The summed E-state index contributed by atoms with van der Waals surface area (Å²) in [7, 11) is 0. The first-order valence-corrected chi connectivity index (χ1v) is 4.69. The van der Waals surface area contributed by atoms with Crippen molar-refractivity contribution in [3.05, 3.63) is 23.3 Å². The Morgan fingerprint density at radius 3 is 2.25 bits per heavy atom. The summed E-state index contributed by atoms with van der Waals surface area (Å²) < 4.78 is 0. The summed E-state index contributed by atoms with van der Waals surface area (Å²) in [6.45, 7) is 4.04. The number of nitrogens with zero attached hydrogens (tertiary/aromatic N) is 1. The zero-order valence-electron chi connectivity index (χ0n) is 7.60. The van der Waals surface area contributed by atoms with Crippen LogP contribution in [0.15, 0.2) is 23.3 Å².